The first-order chi connectivity index (χ1) is 12.2. The van der Waals surface area contributed by atoms with Crippen LogP contribution in [0.2, 0.25) is 0 Å². The first-order valence-corrected chi connectivity index (χ1v) is 8.49. The molecule has 1 unspecified atom stereocenters. The highest BCUT2D eigenvalue weighted by molar-refractivity contribution is 5.86. The van der Waals surface area contributed by atoms with Gasteiger partial charge in [0.25, 0.3) is 0 Å². The van der Waals surface area contributed by atoms with E-state index >= 15 is 0 Å². The maximum absolute atomic E-state index is 14.4. The number of nitrogens with zero attached hydrogens (tertiary/aromatic N) is 2. The third-order valence-corrected chi connectivity index (χ3v) is 4.53. The summed E-state index contributed by atoms with van der Waals surface area (Å²) in [4.78, 5) is 0. The van der Waals surface area contributed by atoms with Crippen molar-refractivity contribution in [1.29, 1.82) is 0 Å². The number of rotatable bonds is 4. The van der Waals surface area contributed by atoms with Gasteiger partial charge in [-0.1, -0.05) is 12.1 Å². The Bertz CT molecular complexity index is 888. The van der Waals surface area contributed by atoms with Gasteiger partial charge in [0.15, 0.2) is 0 Å². The first-order valence-electron chi connectivity index (χ1n) is 8.49. The second-order valence-corrected chi connectivity index (χ2v) is 6.35. The number of aromatic nitrogens is 2. The zero-order valence-electron chi connectivity index (χ0n) is 13.7. The Hall–Kier alpha value is -2.47. The van der Waals surface area contributed by atoms with Crippen LogP contribution < -0.4 is 10.1 Å². The summed E-state index contributed by atoms with van der Waals surface area (Å²) in [7, 11) is 0. The fourth-order valence-electron chi connectivity index (χ4n) is 3.26. The number of nitrogens with one attached hydrogen (secondary N) is 1. The van der Waals surface area contributed by atoms with E-state index in [1.54, 1.807) is 24.3 Å². The van der Waals surface area contributed by atoms with Crippen molar-refractivity contribution in [3.05, 3.63) is 54.1 Å². The molecule has 1 aliphatic rings. The molecule has 2 heterocycles. The highest BCUT2D eigenvalue weighted by Gasteiger charge is 2.19. The fraction of sp³-hybridized carbons (Fsp3) is 0.316. The number of piperidine rings is 1. The Kier molecular flexibility index (Phi) is 4.36. The van der Waals surface area contributed by atoms with Crippen LogP contribution in [0.15, 0.2) is 42.5 Å². The third kappa shape index (κ3) is 3.22. The molecule has 1 saturated heterocycles. The normalized spacial score (nSPS) is 17.8. The molecule has 0 amide bonds. The Morgan fingerprint density at radius 3 is 2.88 bits per heavy atom. The molecule has 0 saturated carbocycles. The van der Waals surface area contributed by atoms with Gasteiger partial charge in [0.1, 0.15) is 11.6 Å². The topological polar surface area (TPSA) is 39.1 Å². The Morgan fingerprint density at radius 2 is 2.08 bits per heavy atom. The van der Waals surface area contributed by atoms with Crippen molar-refractivity contribution in [2.75, 3.05) is 19.7 Å². The van der Waals surface area contributed by atoms with Gasteiger partial charge < -0.3 is 10.1 Å². The lowest BCUT2D eigenvalue weighted by Crippen LogP contribution is -2.33. The molecule has 4 rings (SSSR count). The van der Waals surface area contributed by atoms with Crippen molar-refractivity contribution in [2.24, 2.45) is 5.92 Å². The summed E-state index contributed by atoms with van der Waals surface area (Å²) in [6, 6.07) is 10.8. The number of halogens is 2. The van der Waals surface area contributed by atoms with Gasteiger partial charge in [0.05, 0.1) is 23.2 Å². The SMILES string of the molecule is Fc1cccc(-n2nc(OCC3CCCNC3)c3c(F)cccc32)c1. The Morgan fingerprint density at radius 1 is 1.20 bits per heavy atom. The van der Waals surface area contributed by atoms with E-state index in [4.69, 9.17) is 4.74 Å². The van der Waals surface area contributed by atoms with Gasteiger partial charge in [-0.15, -0.1) is 5.10 Å². The van der Waals surface area contributed by atoms with Crippen molar-refractivity contribution >= 4 is 10.9 Å². The minimum absolute atomic E-state index is 0.253. The zero-order chi connectivity index (χ0) is 17.2. The van der Waals surface area contributed by atoms with Gasteiger partial charge in [-0.25, -0.2) is 13.5 Å². The molecule has 4 nitrogen and oxygen atoms in total. The Labute approximate surface area is 144 Å². The van der Waals surface area contributed by atoms with Crippen LogP contribution in [0.5, 0.6) is 5.88 Å². The summed E-state index contributed by atoms with van der Waals surface area (Å²) in [5, 5.41) is 8.08. The van der Waals surface area contributed by atoms with Crippen LogP contribution in [0.25, 0.3) is 16.6 Å². The Balaban J connectivity index is 1.71. The largest absolute Gasteiger partial charge is 0.476 e. The number of fused-ring (bicyclic) bond motifs is 1. The van der Waals surface area contributed by atoms with E-state index in [1.165, 1.54) is 22.9 Å². The molecule has 130 valence electrons. The van der Waals surface area contributed by atoms with E-state index < -0.39 is 5.82 Å². The van der Waals surface area contributed by atoms with Crippen molar-refractivity contribution in [1.82, 2.24) is 15.1 Å². The van der Waals surface area contributed by atoms with Crippen LogP contribution in [0.3, 0.4) is 0 Å². The van der Waals surface area contributed by atoms with Gasteiger partial charge in [-0.3, -0.25) is 0 Å². The quantitative estimate of drug-likeness (QED) is 0.785. The molecule has 1 aromatic heterocycles. The fourth-order valence-corrected chi connectivity index (χ4v) is 3.26. The lowest BCUT2D eigenvalue weighted by atomic mass is 10.0. The van der Waals surface area contributed by atoms with Gasteiger partial charge in [-0.2, -0.15) is 0 Å². The molecule has 25 heavy (non-hydrogen) atoms. The molecule has 3 aromatic rings. The lowest BCUT2D eigenvalue weighted by molar-refractivity contribution is 0.213. The van der Waals surface area contributed by atoms with Crippen molar-refractivity contribution in [2.45, 2.75) is 12.8 Å². The summed E-state index contributed by atoms with van der Waals surface area (Å²) >= 11 is 0. The van der Waals surface area contributed by atoms with Crippen LogP contribution in [-0.2, 0) is 0 Å². The molecule has 1 fully saturated rings. The van der Waals surface area contributed by atoms with E-state index in [2.05, 4.69) is 10.4 Å². The van der Waals surface area contributed by atoms with Crippen LogP contribution in [0, 0.1) is 17.6 Å². The van der Waals surface area contributed by atoms with Gasteiger partial charge in [-0.05, 0) is 49.7 Å². The minimum Gasteiger partial charge on any atom is -0.476 e. The van der Waals surface area contributed by atoms with Crippen LogP contribution in [0.4, 0.5) is 8.78 Å². The second-order valence-electron chi connectivity index (χ2n) is 6.35. The molecule has 0 aliphatic carbocycles. The molecule has 1 aliphatic heterocycles. The van der Waals surface area contributed by atoms with Crippen molar-refractivity contribution < 1.29 is 13.5 Å². The zero-order valence-corrected chi connectivity index (χ0v) is 13.7. The second kappa shape index (κ2) is 6.80. The summed E-state index contributed by atoms with van der Waals surface area (Å²) in [5.74, 6) is -0.122. The van der Waals surface area contributed by atoms with E-state index in [0.717, 1.165) is 25.9 Å². The monoisotopic (exact) mass is 343 g/mol. The average molecular weight is 343 g/mol. The van der Waals surface area contributed by atoms with Gasteiger partial charge in [0.2, 0.25) is 5.88 Å². The lowest BCUT2D eigenvalue weighted by Gasteiger charge is -2.22. The van der Waals surface area contributed by atoms with Crippen LogP contribution >= 0.6 is 0 Å². The van der Waals surface area contributed by atoms with E-state index in [1.807, 2.05) is 0 Å². The average Bonchev–Trinajstić information content (AvgIpc) is 3.01. The predicted molar refractivity (Wildman–Crippen MR) is 92.1 cm³/mol. The summed E-state index contributed by atoms with van der Waals surface area (Å²) < 4.78 is 35.4. The molecular weight excluding hydrogens is 324 g/mol. The molecular formula is C19H19F2N3O. The number of benzene rings is 2. The van der Waals surface area contributed by atoms with Crippen molar-refractivity contribution in [3.8, 4) is 11.6 Å². The smallest absolute Gasteiger partial charge is 0.244 e. The summed E-state index contributed by atoms with van der Waals surface area (Å²) in [6.45, 7) is 2.41. The number of hydrogen-bond donors (Lipinski definition) is 1. The van der Waals surface area contributed by atoms with E-state index in [0.29, 0.717) is 29.1 Å². The van der Waals surface area contributed by atoms with Crippen LogP contribution in [0.1, 0.15) is 12.8 Å². The predicted octanol–water partition coefficient (Wildman–Crippen LogP) is 3.68. The molecule has 2 aromatic carbocycles. The summed E-state index contributed by atoms with van der Waals surface area (Å²) in [6.07, 6.45) is 2.19. The first kappa shape index (κ1) is 16.0. The van der Waals surface area contributed by atoms with Gasteiger partial charge >= 0.3 is 0 Å². The standard InChI is InChI=1S/C19H19F2N3O/c20-14-5-1-6-15(10-14)24-17-8-2-7-16(21)18(17)19(23-24)25-12-13-4-3-9-22-11-13/h1-2,5-8,10,13,22H,3-4,9,11-12H2. The van der Waals surface area contributed by atoms with E-state index in [-0.39, 0.29) is 11.7 Å². The van der Waals surface area contributed by atoms with Gasteiger partial charge in [0, 0.05) is 12.5 Å². The molecule has 6 heteroatoms. The third-order valence-electron chi connectivity index (χ3n) is 4.53. The number of hydrogen-bond acceptors (Lipinski definition) is 3. The molecule has 0 radical (unpaired) electrons. The molecule has 1 atom stereocenters. The molecule has 0 bridgehead atoms. The van der Waals surface area contributed by atoms with Crippen LogP contribution in [-0.4, -0.2) is 29.5 Å². The number of ether oxygens (including phenoxy) is 1. The highest BCUT2D eigenvalue weighted by Crippen LogP contribution is 2.30. The summed E-state index contributed by atoms with van der Waals surface area (Å²) in [5.41, 5.74) is 1.09. The minimum atomic E-state index is -0.392. The molecule has 1 N–H and O–H groups in total. The maximum Gasteiger partial charge on any atom is 0.244 e. The highest BCUT2D eigenvalue weighted by atomic mass is 19.1. The molecule has 0 spiro atoms. The maximum atomic E-state index is 14.4. The van der Waals surface area contributed by atoms with E-state index in [9.17, 15) is 8.78 Å². The van der Waals surface area contributed by atoms with Crippen molar-refractivity contribution in [3.63, 3.8) is 0 Å².